The molecule has 0 aliphatic heterocycles. The summed E-state index contributed by atoms with van der Waals surface area (Å²) in [7, 11) is 0. The topological polar surface area (TPSA) is 48.6 Å². The van der Waals surface area contributed by atoms with Crippen molar-refractivity contribution in [3.63, 3.8) is 0 Å². The molecule has 0 spiro atoms. The van der Waals surface area contributed by atoms with E-state index in [2.05, 4.69) is 0 Å². The number of halogens is 1. The van der Waals surface area contributed by atoms with Crippen molar-refractivity contribution < 1.29 is 33.9 Å². The minimum absolute atomic E-state index is 0. The molecule has 0 rings (SSSR count). The van der Waals surface area contributed by atoms with Gasteiger partial charge in [-0.25, -0.2) is 0 Å². The van der Waals surface area contributed by atoms with Crippen molar-refractivity contribution in [1.82, 2.24) is 0 Å². The first-order valence-electron chi connectivity index (χ1n) is 0.204. The molecule has 4 heavy (non-hydrogen) atoms. The third kappa shape index (κ3) is 29.0. The third-order valence-corrected chi connectivity index (χ3v) is 0. The molecule has 26 valence electrons. The third-order valence-electron chi connectivity index (χ3n) is 0. The van der Waals surface area contributed by atoms with Gasteiger partial charge in [-0.05, 0) is 0 Å². The van der Waals surface area contributed by atoms with Crippen molar-refractivity contribution in [2.24, 2.45) is 0 Å². The van der Waals surface area contributed by atoms with Crippen molar-refractivity contribution in [1.29, 1.82) is 0 Å². The van der Waals surface area contributed by atoms with Gasteiger partial charge in [0.05, 0.1) is 0 Å². The average Bonchev–Trinajstić information content (AvgIpc) is 1.00. The fraction of sp³-hybridized carbons (Fsp3) is 0. The maximum atomic E-state index is 8.25. The molecule has 0 radical (unpaired) electrons. The fourth-order valence-electron chi connectivity index (χ4n) is 0. The Hall–Kier alpha value is 0.404. The van der Waals surface area contributed by atoms with Gasteiger partial charge in [-0.15, -0.1) is 0 Å². The normalized spacial score (nSPS) is 0.750. The van der Waals surface area contributed by atoms with Gasteiger partial charge in [0.15, 0.2) is 0 Å². The van der Waals surface area contributed by atoms with Crippen LogP contribution in [-0.4, -0.2) is 5.48 Å². The van der Waals surface area contributed by atoms with Crippen LogP contribution in [-0.2, 0) is 23.7 Å². The second-order valence-corrected chi connectivity index (χ2v) is 0. The van der Waals surface area contributed by atoms with Crippen molar-refractivity contribution in [3.8, 4) is 0 Å². The van der Waals surface area contributed by atoms with Gasteiger partial charge in [0, 0.05) is 0 Å². The molecule has 0 aromatic heterocycles. The Kier molecular flexibility index (Phi) is 779. The standard InChI is InChI=1S/FH.H2O.O.Ti/h1H;1H2;;. The van der Waals surface area contributed by atoms with Crippen molar-refractivity contribution >= 4 is 0 Å². The average molecular weight is 102 g/mol. The Morgan fingerprint density at radius 2 is 1.25 bits per heavy atom. The second kappa shape index (κ2) is 120. The molecule has 0 heterocycles. The van der Waals surface area contributed by atoms with Gasteiger partial charge >= 0.3 is 23.7 Å². The van der Waals surface area contributed by atoms with Gasteiger partial charge in [0.25, 0.3) is 0 Å². The molecule has 4 heteroatoms. The summed E-state index contributed by atoms with van der Waals surface area (Å²) in [6.07, 6.45) is 0. The summed E-state index contributed by atoms with van der Waals surface area (Å²) >= 11 is 0.750. The van der Waals surface area contributed by atoms with Crippen LogP contribution in [0.2, 0.25) is 0 Å². The van der Waals surface area contributed by atoms with E-state index in [-0.39, 0.29) is 10.2 Å². The zero-order valence-electron chi connectivity index (χ0n) is 1.82. The predicted molar refractivity (Wildman–Crippen MR) is 6.80 cm³/mol. The summed E-state index contributed by atoms with van der Waals surface area (Å²) in [5.41, 5.74) is 0. The maximum absolute atomic E-state index is 8.25. The van der Waals surface area contributed by atoms with Crippen LogP contribution in [0.1, 0.15) is 0 Å². The summed E-state index contributed by atoms with van der Waals surface area (Å²) in [5.74, 6) is 0. The fourth-order valence-corrected chi connectivity index (χ4v) is 0. The molecule has 0 aromatic rings. The quantitative estimate of drug-likeness (QED) is 0.369. The molecule has 0 bridgehead atoms. The predicted octanol–water partition coefficient (Wildman–Crippen LogP) is -0.794. The van der Waals surface area contributed by atoms with Crippen LogP contribution >= 0.6 is 0 Å². The molecule has 0 saturated heterocycles. The Labute approximate surface area is 34.6 Å². The zero-order chi connectivity index (χ0) is 2.00. The van der Waals surface area contributed by atoms with E-state index in [1.807, 2.05) is 0 Å². The summed E-state index contributed by atoms with van der Waals surface area (Å²) < 4.78 is 8.25. The summed E-state index contributed by atoms with van der Waals surface area (Å²) in [5, 5.41) is 0. The molecule has 0 atom stereocenters. The van der Waals surface area contributed by atoms with Crippen LogP contribution in [0.25, 0.3) is 0 Å². The van der Waals surface area contributed by atoms with Gasteiger partial charge in [-0.3, -0.25) is 4.70 Å². The molecule has 2 nitrogen and oxygen atoms in total. The molecule has 0 saturated carbocycles. The first-order valence-corrected chi connectivity index (χ1v) is 0.842. The molecule has 0 amide bonds. The molecule has 0 aliphatic carbocycles. The van der Waals surface area contributed by atoms with Crippen LogP contribution < -0.4 is 0 Å². The molecule has 0 fully saturated rings. The Morgan fingerprint density at radius 1 is 1.25 bits per heavy atom. The van der Waals surface area contributed by atoms with Crippen molar-refractivity contribution in [2.45, 2.75) is 0 Å². The molecule has 0 unspecified atom stereocenters. The van der Waals surface area contributed by atoms with Gasteiger partial charge < -0.3 is 5.48 Å². The van der Waals surface area contributed by atoms with Crippen LogP contribution in [0.3, 0.4) is 0 Å². The van der Waals surface area contributed by atoms with E-state index in [1.54, 1.807) is 0 Å². The van der Waals surface area contributed by atoms with E-state index in [4.69, 9.17) is 3.32 Å². The van der Waals surface area contributed by atoms with Crippen LogP contribution in [0.15, 0.2) is 0 Å². The summed E-state index contributed by atoms with van der Waals surface area (Å²) in [4.78, 5) is 0. The molecule has 2 N–H and O–H groups in total. The minimum atomic E-state index is 0. The zero-order valence-corrected chi connectivity index (χ0v) is 3.38. The number of hydrogen-bond acceptors (Lipinski definition) is 1. The molecule has 0 aliphatic rings. The Morgan fingerprint density at radius 3 is 1.25 bits per heavy atom. The van der Waals surface area contributed by atoms with Gasteiger partial charge in [0.1, 0.15) is 0 Å². The van der Waals surface area contributed by atoms with E-state index >= 15 is 0 Å². The van der Waals surface area contributed by atoms with E-state index in [9.17, 15) is 0 Å². The van der Waals surface area contributed by atoms with Gasteiger partial charge in [-0.1, -0.05) is 0 Å². The van der Waals surface area contributed by atoms with E-state index < -0.39 is 0 Å². The van der Waals surface area contributed by atoms with Crippen LogP contribution in [0.4, 0.5) is 4.70 Å². The van der Waals surface area contributed by atoms with E-state index in [0.717, 1.165) is 20.4 Å². The Balaban J connectivity index is -0.00000000500. The first-order chi connectivity index (χ1) is 1.00. The molecule has 0 aromatic carbocycles. The monoisotopic (exact) mass is 102 g/mol. The molecular weight excluding hydrogens is 98.9 g/mol. The van der Waals surface area contributed by atoms with E-state index in [1.165, 1.54) is 0 Å². The second-order valence-electron chi connectivity index (χ2n) is 0. The molecular formula is H3FO2Ti. The Bertz CT molecular complexity index is 6.00. The number of hydrogen-bond donors (Lipinski definition) is 0. The van der Waals surface area contributed by atoms with E-state index in [0.29, 0.717) is 0 Å². The first kappa shape index (κ1) is 25.9. The van der Waals surface area contributed by atoms with Crippen molar-refractivity contribution in [2.75, 3.05) is 0 Å². The number of rotatable bonds is 0. The SMILES string of the molecule is F.O.[O]=[Ti]. The van der Waals surface area contributed by atoms with Crippen molar-refractivity contribution in [3.05, 3.63) is 0 Å². The van der Waals surface area contributed by atoms with Gasteiger partial charge in [-0.2, -0.15) is 0 Å². The summed E-state index contributed by atoms with van der Waals surface area (Å²) in [6.45, 7) is 0. The summed E-state index contributed by atoms with van der Waals surface area (Å²) in [6, 6.07) is 0. The van der Waals surface area contributed by atoms with Crippen LogP contribution in [0, 0.1) is 0 Å². The van der Waals surface area contributed by atoms with Crippen LogP contribution in [0.5, 0.6) is 0 Å². The van der Waals surface area contributed by atoms with Gasteiger partial charge in [0.2, 0.25) is 0 Å².